The van der Waals surface area contributed by atoms with Crippen LogP contribution in [0.25, 0.3) is 0 Å². The van der Waals surface area contributed by atoms with E-state index in [2.05, 4.69) is 15.3 Å². The average molecular weight is 224 g/mol. The van der Waals surface area contributed by atoms with Gasteiger partial charge in [0.1, 0.15) is 11.0 Å². The average Bonchev–Trinajstić information content (AvgIpc) is 3.07. The zero-order valence-corrected chi connectivity index (χ0v) is 9.24. The summed E-state index contributed by atoms with van der Waals surface area (Å²) in [4.78, 5) is 8.26. The van der Waals surface area contributed by atoms with Crippen LogP contribution in [0.4, 0.5) is 5.82 Å². The lowest BCUT2D eigenvalue weighted by Crippen LogP contribution is -2.24. The van der Waals surface area contributed by atoms with Crippen molar-refractivity contribution in [2.75, 3.05) is 5.32 Å². The van der Waals surface area contributed by atoms with E-state index in [9.17, 15) is 0 Å². The van der Waals surface area contributed by atoms with Crippen LogP contribution in [0.15, 0.2) is 12.4 Å². The summed E-state index contributed by atoms with van der Waals surface area (Å²) in [7, 11) is 0. The minimum Gasteiger partial charge on any atom is -0.365 e. The first-order valence-electron chi connectivity index (χ1n) is 5.57. The van der Waals surface area contributed by atoms with Crippen LogP contribution < -0.4 is 5.32 Å². The Labute approximate surface area is 94.3 Å². The molecule has 1 aromatic heterocycles. The van der Waals surface area contributed by atoms with Gasteiger partial charge in [0.15, 0.2) is 0 Å². The molecule has 1 heterocycles. The van der Waals surface area contributed by atoms with Crippen molar-refractivity contribution >= 4 is 17.4 Å². The standard InChI is InChI=1S/C11H14ClN3/c12-9-5-13-6-10(14-9)15-11(7-1-2-7)8-3-4-8/h5-8,11H,1-4H2,(H,14,15). The van der Waals surface area contributed by atoms with Gasteiger partial charge in [-0.2, -0.15) is 0 Å². The summed E-state index contributed by atoms with van der Waals surface area (Å²) in [5.74, 6) is 2.54. The van der Waals surface area contributed by atoms with Crippen LogP contribution in [0, 0.1) is 11.8 Å². The number of anilines is 1. The number of aromatic nitrogens is 2. The molecule has 3 nitrogen and oxygen atoms in total. The first-order valence-corrected chi connectivity index (χ1v) is 5.95. The molecule has 0 spiro atoms. The van der Waals surface area contributed by atoms with Crippen LogP contribution in [-0.2, 0) is 0 Å². The van der Waals surface area contributed by atoms with Crippen molar-refractivity contribution in [3.63, 3.8) is 0 Å². The SMILES string of the molecule is Clc1cncc(NC(C2CC2)C2CC2)n1. The quantitative estimate of drug-likeness (QED) is 0.853. The van der Waals surface area contributed by atoms with Gasteiger partial charge in [0.05, 0.1) is 12.4 Å². The summed E-state index contributed by atoms with van der Waals surface area (Å²) in [5.41, 5.74) is 0. The van der Waals surface area contributed by atoms with E-state index in [4.69, 9.17) is 11.6 Å². The van der Waals surface area contributed by atoms with Gasteiger partial charge in [0.2, 0.25) is 0 Å². The van der Waals surface area contributed by atoms with E-state index in [1.807, 2.05) is 0 Å². The van der Waals surface area contributed by atoms with E-state index in [-0.39, 0.29) is 0 Å². The van der Waals surface area contributed by atoms with Crippen molar-refractivity contribution in [3.8, 4) is 0 Å². The Bertz CT molecular complexity index is 349. The third-order valence-electron chi connectivity index (χ3n) is 3.18. The topological polar surface area (TPSA) is 37.8 Å². The first kappa shape index (κ1) is 9.40. The summed E-state index contributed by atoms with van der Waals surface area (Å²) in [5, 5.41) is 3.95. The Hall–Kier alpha value is -0.830. The zero-order chi connectivity index (χ0) is 10.3. The second-order valence-corrected chi connectivity index (χ2v) is 4.96. The highest BCUT2D eigenvalue weighted by atomic mass is 35.5. The van der Waals surface area contributed by atoms with Crippen molar-refractivity contribution in [3.05, 3.63) is 17.5 Å². The van der Waals surface area contributed by atoms with E-state index >= 15 is 0 Å². The molecule has 2 fully saturated rings. The third-order valence-corrected chi connectivity index (χ3v) is 3.36. The van der Waals surface area contributed by atoms with Crippen molar-refractivity contribution in [2.24, 2.45) is 11.8 Å². The predicted molar refractivity (Wildman–Crippen MR) is 59.9 cm³/mol. The molecule has 0 aromatic carbocycles. The molecule has 1 aromatic rings. The summed E-state index contributed by atoms with van der Waals surface area (Å²) in [6, 6.07) is 0.609. The predicted octanol–water partition coefficient (Wildman–Crippen LogP) is 2.73. The van der Waals surface area contributed by atoms with Crippen LogP contribution in [-0.4, -0.2) is 16.0 Å². The van der Waals surface area contributed by atoms with Gasteiger partial charge >= 0.3 is 0 Å². The lowest BCUT2D eigenvalue weighted by Gasteiger charge is -2.17. The maximum atomic E-state index is 5.81. The highest BCUT2D eigenvalue weighted by Crippen LogP contribution is 2.45. The molecule has 0 amide bonds. The molecule has 15 heavy (non-hydrogen) atoms. The second kappa shape index (κ2) is 3.63. The molecule has 0 atom stereocenters. The first-order chi connectivity index (χ1) is 7.33. The van der Waals surface area contributed by atoms with Gasteiger partial charge < -0.3 is 5.32 Å². The smallest absolute Gasteiger partial charge is 0.149 e. The van der Waals surface area contributed by atoms with Crippen molar-refractivity contribution in [1.82, 2.24) is 9.97 Å². The molecule has 0 aliphatic heterocycles. The van der Waals surface area contributed by atoms with Gasteiger partial charge in [-0.1, -0.05) is 11.6 Å². The minimum absolute atomic E-state index is 0.463. The molecule has 0 unspecified atom stereocenters. The molecular weight excluding hydrogens is 210 g/mol. The molecule has 1 N–H and O–H groups in total. The van der Waals surface area contributed by atoms with Gasteiger partial charge in [0, 0.05) is 6.04 Å². The monoisotopic (exact) mass is 223 g/mol. The van der Waals surface area contributed by atoms with Gasteiger partial charge in [-0.05, 0) is 37.5 Å². The Morgan fingerprint density at radius 2 is 1.87 bits per heavy atom. The third kappa shape index (κ3) is 2.23. The number of halogens is 1. The van der Waals surface area contributed by atoms with Crippen LogP contribution in [0.5, 0.6) is 0 Å². The maximum Gasteiger partial charge on any atom is 0.149 e. The zero-order valence-electron chi connectivity index (χ0n) is 8.49. The fourth-order valence-electron chi connectivity index (χ4n) is 2.11. The fourth-order valence-corrected chi connectivity index (χ4v) is 2.26. The number of nitrogens with one attached hydrogen (secondary N) is 1. The van der Waals surface area contributed by atoms with Gasteiger partial charge in [-0.25, -0.2) is 4.98 Å². The van der Waals surface area contributed by atoms with Crippen molar-refractivity contribution < 1.29 is 0 Å². The van der Waals surface area contributed by atoms with Gasteiger partial charge in [-0.15, -0.1) is 0 Å². The summed E-state index contributed by atoms with van der Waals surface area (Å²) >= 11 is 5.81. The fraction of sp³-hybridized carbons (Fsp3) is 0.636. The Kier molecular flexibility index (Phi) is 2.28. The highest BCUT2D eigenvalue weighted by Gasteiger charge is 2.41. The van der Waals surface area contributed by atoms with E-state index < -0.39 is 0 Å². The molecule has 4 heteroatoms. The molecule has 3 rings (SSSR count). The number of nitrogens with zero attached hydrogens (tertiary/aromatic N) is 2. The maximum absolute atomic E-state index is 5.81. The molecule has 2 aliphatic carbocycles. The summed E-state index contributed by atoms with van der Waals surface area (Å²) < 4.78 is 0. The normalized spacial score (nSPS) is 20.7. The Morgan fingerprint density at radius 3 is 2.40 bits per heavy atom. The molecule has 2 saturated carbocycles. The number of rotatable bonds is 4. The summed E-state index contributed by atoms with van der Waals surface area (Å²) in [6.45, 7) is 0. The molecule has 0 bridgehead atoms. The lowest BCUT2D eigenvalue weighted by atomic mass is 10.1. The van der Waals surface area contributed by atoms with Gasteiger partial charge in [-0.3, -0.25) is 4.98 Å². The second-order valence-electron chi connectivity index (χ2n) is 4.57. The molecule has 2 aliphatic rings. The highest BCUT2D eigenvalue weighted by molar-refractivity contribution is 6.29. The number of hydrogen-bond acceptors (Lipinski definition) is 3. The molecular formula is C11H14ClN3. The van der Waals surface area contributed by atoms with E-state index in [0.29, 0.717) is 11.2 Å². The number of hydrogen-bond donors (Lipinski definition) is 1. The van der Waals surface area contributed by atoms with Gasteiger partial charge in [0.25, 0.3) is 0 Å². The van der Waals surface area contributed by atoms with Crippen molar-refractivity contribution in [2.45, 2.75) is 31.7 Å². The van der Waals surface area contributed by atoms with Crippen LogP contribution in [0.1, 0.15) is 25.7 Å². The van der Waals surface area contributed by atoms with E-state index in [1.54, 1.807) is 12.4 Å². The molecule has 80 valence electrons. The Morgan fingerprint density at radius 1 is 1.20 bits per heavy atom. The Balaban J connectivity index is 1.71. The van der Waals surface area contributed by atoms with E-state index in [1.165, 1.54) is 25.7 Å². The molecule has 0 radical (unpaired) electrons. The summed E-state index contributed by atoms with van der Waals surface area (Å²) in [6.07, 6.45) is 8.77. The van der Waals surface area contributed by atoms with Crippen molar-refractivity contribution in [1.29, 1.82) is 0 Å². The van der Waals surface area contributed by atoms with Crippen LogP contribution in [0.3, 0.4) is 0 Å². The lowest BCUT2D eigenvalue weighted by molar-refractivity contribution is 0.565. The minimum atomic E-state index is 0.463. The van der Waals surface area contributed by atoms with Crippen LogP contribution >= 0.6 is 11.6 Å². The molecule has 0 saturated heterocycles. The van der Waals surface area contributed by atoms with E-state index in [0.717, 1.165) is 17.7 Å². The largest absolute Gasteiger partial charge is 0.365 e. The van der Waals surface area contributed by atoms with Crippen LogP contribution in [0.2, 0.25) is 5.15 Å².